The third kappa shape index (κ3) is 7.57. The number of methoxy groups -OCH3 is 1. The number of carbonyl (C=O) groups excluding carboxylic acids is 2. The Morgan fingerprint density at radius 2 is 1.94 bits per heavy atom. The Balaban J connectivity index is 1.19. The van der Waals surface area contributed by atoms with E-state index < -0.39 is 11.9 Å². The summed E-state index contributed by atoms with van der Waals surface area (Å²) in [6.45, 7) is 2.84. The SMILES string of the molecule is COc1cc(-c2nccc(-c3cccc(NC(=O)c4nc5c(n4C)CCN(CCC(=O)O)C5)c3Cl)c2Cl)ccc1CNCC1CCC(=O)N1. The smallest absolute Gasteiger partial charge is 0.304 e. The molecule has 1 saturated heterocycles. The molecule has 4 aromatic rings. The van der Waals surface area contributed by atoms with Gasteiger partial charge in [-0.25, -0.2) is 4.98 Å². The van der Waals surface area contributed by atoms with E-state index in [1.54, 1.807) is 43.1 Å². The van der Waals surface area contributed by atoms with Crippen molar-refractivity contribution in [2.45, 2.75) is 44.8 Å². The molecule has 0 bridgehead atoms. The number of anilines is 1. The highest BCUT2D eigenvalue weighted by Crippen LogP contribution is 2.41. The van der Waals surface area contributed by atoms with Gasteiger partial charge in [-0.2, -0.15) is 0 Å². The molecule has 1 atom stereocenters. The lowest BCUT2D eigenvalue weighted by molar-refractivity contribution is -0.137. The van der Waals surface area contributed by atoms with E-state index in [1.165, 1.54) is 0 Å². The van der Waals surface area contributed by atoms with Gasteiger partial charge in [-0.15, -0.1) is 0 Å². The lowest BCUT2D eigenvalue weighted by Gasteiger charge is -2.25. The average molecular weight is 707 g/mol. The molecule has 6 rings (SSSR count). The van der Waals surface area contributed by atoms with Crippen molar-refractivity contribution >= 4 is 46.7 Å². The van der Waals surface area contributed by atoms with Gasteiger partial charge in [0.15, 0.2) is 5.82 Å². The largest absolute Gasteiger partial charge is 0.496 e. The number of benzene rings is 2. The number of imidazole rings is 1. The molecule has 256 valence electrons. The molecular weight excluding hydrogens is 669 g/mol. The number of ether oxygens (including phenoxy) is 1. The molecule has 1 unspecified atom stereocenters. The molecule has 0 saturated carbocycles. The molecule has 1 fully saturated rings. The molecule has 49 heavy (non-hydrogen) atoms. The van der Waals surface area contributed by atoms with Gasteiger partial charge in [0.25, 0.3) is 5.91 Å². The normalized spacial score (nSPS) is 15.9. The van der Waals surface area contributed by atoms with Crippen LogP contribution in [0.2, 0.25) is 10.0 Å². The molecule has 12 nitrogen and oxygen atoms in total. The summed E-state index contributed by atoms with van der Waals surface area (Å²) in [5, 5.41) is 19.0. The summed E-state index contributed by atoms with van der Waals surface area (Å²) >= 11 is 13.9. The van der Waals surface area contributed by atoms with Gasteiger partial charge >= 0.3 is 5.97 Å². The van der Waals surface area contributed by atoms with Crippen LogP contribution in [-0.2, 0) is 36.1 Å². The highest BCUT2D eigenvalue weighted by Gasteiger charge is 2.26. The Hall–Kier alpha value is -4.49. The number of carbonyl (C=O) groups is 3. The number of amides is 2. The number of aliphatic carboxylic acids is 1. The van der Waals surface area contributed by atoms with Crippen LogP contribution in [0.1, 0.15) is 46.8 Å². The fourth-order valence-electron chi connectivity index (χ4n) is 6.35. The van der Waals surface area contributed by atoms with Gasteiger partial charge in [0.2, 0.25) is 5.91 Å². The standard InChI is InChI=1S/C35H37Cl2N7O5/c1-43-27-11-14-44(15-12-30(46)47)19-26(27)41-34(43)35(48)42-25-5-3-4-23(31(25)36)24-10-13-39-33(32(24)37)20-6-7-21(28(16-20)49-2)17-38-18-22-8-9-29(45)40-22/h3-7,10,13,16,22,38H,8-9,11-12,14-15,17-19H2,1-2H3,(H,40,45)(H,42,48)(H,46,47). The first-order valence-electron chi connectivity index (χ1n) is 16.0. The fraction of sp³-hybridized carbons (Fsp3) is 0.343. The van der Waals surface area contributed by atoms with Crippen LogP contribution in [0.15, 0.2) is 48.7 Å². The van der Waals surface area contributed by atoms with Crippen LogP contribution in [0.25, 0.3) is 22.4 Å². The molecule has 0 spiro atoms. The topological polar surface area (TPSA) is 151 Å². The van der Waals surface area contributed by atoms with E-state index in [2.05, 4.69) is 25.9 Å². The number of fused-ring (bicyclic) bond motifs is 1. The van der Waals surface area contributed by atoms with Crippen molar-refractivity contribution in [3.8, 4) is 28.1 Å². The van der Waals surface area contributed by atoms with E-state index in [1.807, 2.05) is 29.2 Å². The number of hydrogen-bond donors (Lipinski definition) is 4. The van der Waals surface area contributed by atoms with Gasteiger partial charge in [0.05, 0.1) is 40.7 Å². The number of carboxylic acid groups (broad SMARTS) is 1. The lowest BCUT2D eigenvalue weighted by Crippen LogP contribution is -2.35. The Bertz CT molecular complexity index is 1910. The van der Waals surface area contributed by atoms with Crippen LogP contribution in [0, 0.1) is 0 Å². The Kier molecular flexibility index (Phi) is 10.5. The quantitative estimate of drug-likeness (QED) is 0.161. The molecule has 0 radical (unpaired) electrons. The summed E-state index contributed by atoms with van der Waals surface area (Å²) in [5.74, 6) is -0.249. The maximum Gasteiger partial charge on any atom is 0.304 e. The van der Waals surface area contributed by atoms with Gasteiger partial charge < -0.3 is 30.4 Å². The second-order valence-corrected chi connectivity index (χ2v) is 12.9. The number of halogens is 2. The van der Waals surface area contributed by atoms with Crippen LogP contribution in [-0.4, -0.2) is 75.1 Å². The monoisotopic (exact) mass is 705 g/mol. The van der Waals surface area contributed by atoms with E-state index in [0.717, 1.165) is 28.9 Å². The predicted molar refractivity (Wildman–Crippen MR) is 187 cm³/mol. The van der Waals surface area contributed by atoms with Crippen molar-refractivity contribution in [3.05, 3.63) is 81.5 Å². The fourth-order valence-corrected chi connectivity index (χ4v) is 6.94. The molecule has 2 amide bonds. The molecule has 4 N–H and O–H groups in total. The molecule has 0 aliphatic carbocycles. The maximum atomic E-state index is 13.5. The zero-order chi connectivity index (χ0) is 34.7. The molecule has 2 aromatic heterocycles. The number of rotatable bonds is 12. The lowest BCUT2D eigenvalue weighted by atomic mass is 10.0. The van der Waals surface area contributed by atoms with Crippen LogP contribution in [0.3, 0.4) is 0 Å². The van der Waals surface area contributed by atoms with Crippen molar-refractivity contribution in [2.24, 2.45) is 7.05 Å². The first-order chi connectivity index (χ1) is 23.6. The first kappa shape index (κ1) is 34.4. The van der Waals surface area contributed by atoms with Crippen LogP contribution >= 0.6 is 23.2 Å². The van der Waals surface area contributed by atoms with E-state index >= 15 is 0 Å². The van der Waals surface area contributed by atoms with E-state index in [9.17, 15) is 14.4 Å². The number of aromatic nitrogens is 3. The summed E-state index contributed by atoms with van der Waals surface area (Å²) in [6, 6.07) is 13.0. The van der Waals surface area contributed by atoms with Crippen LogP contribution in [0.4, 0.5) is 5.69 Å². The van der Waals surface area contributed by atoms with E-state index in [-0.39, 0.29) is 24.2 Å². The molecule has 2 aliphatic rings. The van der Waals surface area contributed by atoms with Crippen molar-refractivity contribution in [1.29, 1.82) is 0 Å². The highest BCUT2D eigenvalue weighted by atomic mass is 35.5. The van der Waals surface area contributed by atoms with Crippen LogP contribution in [0.5, 0.6) is 5.75 Å². The third-order valence-corrected chi connectivity index (χ3v) is 9.75. The minimum absolute atomic E-state index is 0.0512. The maximum absolute atomic E-state index is 13.5. The minimum Gasteiger partial charge on any atom is -0.496 e. The molecule has 14 heteroatoms. The van der Waals surface area contributed by atoms with Crippen molar-refractivity contribution in [1.82, 2.24) is 30.1 Å². The summed E-state index contributed by atoms with van der Waals surface area (Å²) in [5.41, 5.74) is 5.64. The van der Waals surface area contributed by atoms with Gasteiger partial charge in [-0.05, 0) is 24.6 Å². The van der Waals surface area contributed by atoms with E-state index in [4.69, 9.17) is 33.0 Å². The molecule has 4 heterocycles. The predicted octanol–water partition coefficient (Wildman–Crippen LogP) is 4.92. The van der Waals surface area contributed by atoms with Crippen molar-refractivity contribution in [2.75, 3.05) is 32.1 Å². The number of pyridine rings is 1. The number of nitrogens with zero attached hydrogens (tertiary/aromatic N) is 4. The zero-order valence-corrected chi connectivity index (χ0v) is 28.7. The van der Waals surface area contributed by atoms with Gasteiger partial charge in [0.1, 0.15) is 5.75 Å². The Morgan fingerprint density at radius 1 is 1.12 bits per heavy atom. The molecule has 2 aliphatic heterocycles. The summed E-state index contributed by atoms with van der Waals surface area (Å²) in [4.78, 5) is 47.2. The zero-order valence-electron chi connectivity index (χ0n) is 27.2. The van der Waals surface area contributed by atoms with Crippen LogP contribution < -0.4 is 20.7 Å². The van der Waals surface area contributed by atoms with E-state index in [0.29, 0.717) is 83.9 Å². The van der Waals surface area contributed by atoms with Gasteiger partial charge in [-0.1, -0.05) is 47.5 Å². The van der Waals surface area contributed by atoms with Gasteiger partial charge in [-0.3, -0.25) is 24.3 Å². The number of nitrogens with one attached hydrogen (secondary N) is 3. The number of carboxylic acids is 1. The summed E-state index contributed by atoms with van der Waals surface area (Å²) in [6.07, 6.45) is 3.76. The van der Waals surface area contributed by atoms with Gasteiger partial charge in [0, 0.05) is 92.8 Å². The Morgan fingerprint density at radius 3 is 2.69 bits per heavy atom. The van der Waals surface area contributed by atoms with Crippen molar-refractivity contribution in [3.63, 3.8) is 0 Å². The summed E-state index contributed by atoms with van der Waals surface area (Å²) < 4.78 is 7.48. The second kappa shape index (κ2) is 15.0. The Labute approximate surface area is 293 Å². The van der Waals surface area contributed by atoms with Crippen molar-refractivity contribution < 1.29 is 24.2 Å². The average Bonchev–Trinajstić information content (AvgIpc) is 3.66. The highest BCUT2D eigenvalue weighted by molar-refractivity contribution is 6.39. The minimum atomic E-state index is -0.845. The summed E-state index contributed by atoms with van der Waals surface area (Å²) in [7, 11) is 3.42. The third-order valence-electron chi connectivity index (χ3n) is 8.96. The molecule has 2 aromatic carbocycles. The second-order valence-electron chi connectivity index (χ2n) is 12.2. The number of hydrogen-bond acceptors (Lipinski definition) is 8. The first-order valence-corrected chi connectivity index (χ1v) is 16.8. The molecular formula is C35H37Cl2N7O5.